The lowest BCUT2D eigenvalue weighted by Crippen LogP contribution is -2.36. The maximum atomic E-state index is 4.92. The van der Waals surface area contributed by atoms with Crippen molar-refractivity contribution in [2.45, 2.75) is 24.9 Å². The van der Waals surface area contributed by atoms with Gasteiger partial charge in [0.05, 0.1) is 12.1 Å². The van der Waals surface area contributed by atoms with Crippen molar-refractivity contribution in [1.82, 2.24) is 4.90 Å². The Morgan fingerprint density at radius 2 is 2.25 bits per heavy atom. The summed E-state index contributed by atoms with van der Waals surface area (Å²) in [7, 11) is 0. The fourth-order valence-electron chi connectivity index (χ4n) is 3.15. The summed E-state index contributed by atoms with van der Waals surface area (Å²) in [6.07, 6.45) is 2.50. The van der Waals surface area contributed by atoms with Crippen molar-refractivity contribution in [3.05, 3.63) is 35.4 Å². The zero-order valence-electron chi connectivity index (χ0n) is 9.10. The molecule has 0 bridgehead atoms. The van der Waals surface area contributed by atoms with Gasteiger partial charge in [0.25, 0.3) is 0 Å². The molecule has 1 aliphatic carbocycles. The Balaban J connectivity index is 1.81. The number of aliphatic imine (C=N–C) groups is 1. The molecule has 2 nitrogen and oxygen atoms in total. The van der Waals surface area contributed by atoms with E-state index in [1.807, 2.05) is 11.8 Å². The fourth-order valence-corrected chi connectivity index (χ4v) is 4.20. The molecule has 1 aromatic rings. The fraction of sp³-hybridized carbons (Fsp3) is 0.462. The molecule has 16 heavy (non-hydrogen) atoms. The maximum absolute atomic E-state index is 4.92. The highest BCUT2D eigenvalue weighted by molar-refractivity contribution is 8.14. The summed E-state index contributed by atoms with van der Waals surface area (Å²) in [5.74, 6) is 1.23. The average molecular weight is 230 g/mol. The molecule has 2 unspecified atom stereocenters. The highest BCUT2D eigenvalue weighted by Gasteiger charge is 2.42. The Morgan fingerprint density at radius 1 is 1.31 bits per heavy atom. The van der Waals surface area contributed by atoms with Crippen LogP contribution in [0.15, 0.2) is 29.3 Å². The van der Waals surface area contributed by atoms with E-state index in [4.69, 9.17) is 4.99 Å². The summed E-state index contributed by atoms with van der Waals surface area (Å²) in [5.41, 5.74) is 2.99. The van der Waals surface area contributed by atoms with Crippen LogP contribution in [-0.2, 0) is 6.42 Å². The molecular weight excluding hydrogens is 216 g/mol. The molecule has 0 N–H and O–H groups in total. The van der Waals surface area contributed by atoms with Crippen molar-refractivity contribution in [2.24, 2.45) is 4.99 Å². The molecule has 3 aliphatic rings. The van der Waals surface area contributed by atoms with Gasteiger partial charge < -0.3 is 4.90 Å². The Kier molecular flexibility index (Phi) is 1.86. The molecule has 1 fully saturated rings. The minimum atomic E-state index is 0.424. The minimum absolute atomic E-state index is 0.424. The zero-order chi connectivity index (χ0) is 10.5. The maximum Gasteiger partial charge on any atom is 0.160 e. The predicted molar refractivity (Wildman–Crippen MR) is 67.9 cm³/mol. The number of fused-ring (bicyclic) bond motifs is 5. The Bertz CT molecular complexity index is 469. The molecule has 2 heterocycles. The van der Waals surface area contributed by atoms with Crippen LogP contribution >= 0.6 is 11.8 Å². The lowest BCUT2D eigenvalue weighted by molar-refractivity contribution is 0.297. The van der Waals surface area contributed by atoms with Gasteiger partial charge in [0, 0.05) is 12.3 Å². The summed E-state index contributed by atoms with van der Waals surface area (Å²) in [6, 6.07) is 9.91. The van der Waals surface area contributed by atoms with E-state index in [0.717, 1.165) is 0 Å². The number of hydrogen-bond acceptors (Lipinski definition) is 3. The molecule has 1 saturated heterocycles. The van der Waals surface area contributed by atoms with Gasteiger partial charge in [-0.2, -0.15) is 0 Å². The van der Waals surface area contributed by atoms with Crippen LogP contribution in [0, 0.1) is 0 Å². The molecule has 0 radical (unpaired) electrons. The summed E-state index contributed by atoms with van der Waals surface area (Å²) in [6.45, 7) is 1.20. The van der Waals surface area contributed by atoms with Crippen LogP contribution in [-0.4, -0.2) is 28.4 Å². The molecular formula is C13H14N2S. The first-order chi connectivity index (χ1) is 7.93. The molecule has 82 valence electrons. The molecule has 2 aliphatic heterocycles. The van der Waals surface area contributed by atoms with E-state index in [1.165, 1.54) is 41.4 Å². The van der Waals surface area contributed by atoms with Crippen LogP contribution in [0.5, 0.6) is 0 Å². The van der Waals surface area contributed by atoms with Gasteiger partial charge in [-0.05, 0) is 24.0 Å². The van der Waals surface area contributed by atoms with Crippen molar-refractivity contribution >= 4 is 16.9 Å². The Hall–Kier alpha value is -0.960. The van der Waals surface area contributed by atoms with Gasteiger partial charge in [0.1, 0.15) is 0 Å². The number of aryl methyl sites for hydroxylation is 1. The highest BCUT2D eigenvalue weighted by Crippen LogP contribution is 2.43. The second-order valence-corrected chi connectivity index (χ2v) is 5.77. The number of amidine groups is 1. The second-order valence-electron chi connectivity index (χ2n) is 4.70. The second kappa shape index (κ2) is 3.27. The van der Waals surface area contributed by atoms with E-state index < -0.39 is 0 Å². The molecule has 2 atom stereocenters. The number of benzene rings is 1. The first-order valence-corrected chi connectivity index (χ1v) is 6.97. The average Bonchev–Trinajstić information content (AvgIpc) is 2.88. The van der Waals surface area contributed by atoms with E-state index in [0.29, 0.717) is 12.1 Å². The van der Waals surface area contributed by atoms with Crippen molar-refractivity contribution in [1.29, 1.82) is 0 Å². The van der Waals surface area contributed by atoms with Crippen LogP contribution in [0.1, 0.15) is 23.6 Å². The van der Waals surface area contributed by atoms with Gasteiger partial charge in [0.15, 0.2) is 5.17 Å². The molecule has 4 rings (SSSR count). The van der Waals surface area contributed by atoms with E-state index >= 15 is 0 Å². The molecule has 0 spiro atoms. The van der Waals surface area contributed by atoms with Gasteiger partial charge >= 0.3 is 0 Å². The highest BCUT2D eigenvalue weighted by atomic mass is 32.2. The van der Waals surface area contributed by atoms with Gasteiger partial charge in [-0.15, -0.1) is 0 Å². The van der Waals surface area contributed by atoms with Crippen LogP contribution in [0.3, 0.4) is 0 Å². The van der Waals surface area contributed by atoms with Gasteiger partial charge in [-0.1, -0.05) is 36.0 Å². The lowest BCUT2D eigenvalue weighted by Gasteiger charge is -2.31. The summed E-state index contributed by atoms with van der Waals surface area (Å²) < 4.78 is 0. The number of nitrogens with zero attached hydrogens (tertiary/aromatic N) is 2. The third kappa shape index (κ3) is 1.12. The topological polar surface area (TPSA) is 15.6 Å². The van der Waals surface area contributed by atoms with Crippen molar-refractivity contribution in [3.63, 3.8) is 0 Å². The first-order valence-electron chi connectivity index (χ1n) is 5.98. The van der Waals surface area contributed by atoms with E-state index in [2.05, 4.69) is 29.2 Å². The molecule has 0 amide bonds. The van der Waals surface area contributed by atoms with Crippen molar-refractivity contribution in [2.75, 3.05) is 12.3 Å². The summed E-state index contributed by atoms with van der Waals surface area (Å²) in [5, 5.41) is 1.30. The number of thioether (sulfide) groups is 1. The first kappa shape index (κ1) is 9.11. The molecule has 0 aromatic heterocycles. The molecule has 0 saturated carbocycles. The molecule has 1 aromatic carbocycles. The van der Waals surface area contributed by atoms with E-state index in [9.17, 15) is 0 Å². The van der Waals surface area contributed by atoms with E-state index in [1.54, 1.807) is 0 Å². The summed E-state index contributed by atoms with van der Waals surface area (Å²) in [4.78, 5) is 7.45. The molecule has 3 heteroatoms. The van der Waals surface area contributed by atoms with Crippen LogP contribution in [0.2, 0.25) is 0 Å². The predicted octanol–water partition coefficient (Wildman–Crippen LogP) is 2.46. The van der Waals surface area contributed by atoms with Gasteiger partial charge in [-0.25, -0.2) is 0 Å². The van der Waals surface area contributed by atoms with Crippen molar-refractivity contribution < 1.29 is 0 Å². The van der Waals surface area contributed by atoms with Crippen LogP contribution in [0.25, 0.3) is 0 Å². The van der Waals surface area contributed by atoms with Crippen LogP contribution in [0.4, 0.5) is 0 Å². The number of hydrogen-bond donors (Lipinski definition) is 0. The van der Waals surface area contributed by atoms with Gasteiger partial charge in [0.2, 0.25) is 0 Å². The quantitative estimate of drug-likeness (QED) is 0.680. The van der Waals surface area contributed by atoms with Crippen LogP contribution < -0.4 is 0 Å². The Morgan fingerprint density at radius 3 is 3.25 bits per heavy atom. The smallest absolute Gasteiger partial charge is 0.160 e. The standard InChI is InChI=1S/C13H14N2S/c1-2-4-10-9(3-1)5-6-11-12(10)14-13-15(11)7-8-16-13/h1-4,11-12H,5-8H2. The number of rotatable bonds is 0. The third-order valence-corrected chi connectivity index (χ3v) is 4.89. The zero-order valence-corrected chi connectivity index (χ0v) is 9.91. The Labute approximate surface area is 99.7 Å². The normalized spacial score (nSPS) is 30.8. The lowest BCUT2D eigenvalue weighted by atomic mass is 9.84. The SMILES string of the molecule is c1ccc2c(c1)CCC1C2N=C2SCCN21. The summed E-state index contributed by atoms with van der Waals surface area (Å²) >= 11 is 1.93. The third-order valence-electron chi connectivity index (χ3n) is 3.91. The van der Waals surface area contributed by atoms with Crippen molar-refractivity contribution in [3.8, 4) is 0 Å². The minimum Gasteiger partial charge on any atom is -0.345 e. The van der Waals surface area contributed by atoms with Gasteiger partial charge in [-0.3, -0.25) is 4.99 Å². The monoisotopic (exact) mass is 230 g/mol. The largest absolute Gasteiger partial charge is 0.345 e. The van der Waals surface area contributed by atoms with E-state index in [-0.39, 0.29) is 0 Å².